The van der Waals surface area contributed by atoms with Crippen molar-refractivity contribution >= 4 is 18.8 Å². The molecule has 0 radical (unpaired) electrons. The summed E-state index contributed by atoms with van der Waals surface area (Å²) in [5.41, 5.74) is 8.86. The molecule has 0 aromatic heterocycles. The lowest BCUT2D eigenvalue weighted by Crippen LogP contribution is -2.33. The summed E-state index contributed by atoms with van der Waals surface area (Å²) < 4.78 is 5.21. The first-order chi connectivity index (χ1) is 13.5. The van der Waals surface area contributed by atoms with E-state index in [-0.39, 0.29) is 12.2 Å². The minimum atomic E-state index is -1.18. The van der Waals surface area contributed by atoms with Gasteiger partial charge in [-0.25, -0.2) is 0 Å². The molecular weight excluding hydrogens is 359 g/mol. The van der Waals surface area contributed by atoms with Crippen LogP contribution in [0.5, 0.6) is 5.75 Å². The Morgan fingerprint density at radius 1 is 1.21 bits per heavy atom. The Morgan fingerprint density at radius 3 is 2.43 bits per heavy atom. The predicted molar refractivity (Wildman–Crippen MR) is 108 cm³/mol. The second-order valence-corrected chi connectivity index (χ2v) is 6.91. The molecule has 1 atom stereocenters. The van der Waals surface area contributed by atoms with Gasteiger partial charge in [0.05, 0.1) is 7.11 Å². The lowest BCUT2D eigenvalue weighted by Gasteiger charge is -2.27. The third-order valence-corrected chi connectivity index (χ3v) is 4.86. The molecule has 4 N–H and O–H groups in total. The Bertz CT molecular complexity index is 616. The van der Waals surface area contributed by atoms with Crippen molar-refractivity contribution in [2.24, 2.45) is 5.73 Å². The molecule has 1 aromatic rings. The van der Waals surface area contributed by atoms with E-state index in [9.17, 15) is 0 Å². The third kappa shape index (κ3) is 9.83. The van der Waals surface area contributed by atoms with Crippen LogP contribution in [0.15, 0.2) is 30.3 Å². The van der Waals surface area contributed by atoms with Gasteiger partial charge in [-0.3, -0.25) is 4.90 Å². The van der Waals surface area contributed by atoms with Crippen molar-refractivity contribution < 1.29 is 24.4 Å². The fourth-order valence-corrected chi connectivity index (χ4v) is 3.21. The summed E-state index contributed by atoms with van der Waals surface area (Å²) in [6.45, 7) is 3.07. The molecule has 1 aliphatic heterocycles. The Hall–Kier alpha value is -1.96. The van der Waals surface area contributed by atoms with Crippen LogP contribution in [0.25, 0.3) is 5.57 Å². The number of benzene rings is 1. The van der Waals surface area contributed by atoms with Gasteiger partial charge in [0.15, 0.2) is 0 Å². The lowest BCUT2D eigenvalue weighted by atomic mass is 9.83. The van der Waals surface area contributed by atoms with Crippen LogP contribution in [0.2, 0.25) is 6.32 Å². The van der Waals surface area contributed by atoms with Gasteiger partial charge in [0.2, 0.25) is 0 Å². The van der Waals surface area contributed by atoms with E-state index in [0.717, 1.165) is 57.5 Å². The monoisotopic (exact) mass is 390 g/mol. The van der Waals surface area contributed by atoms with Crippen LogP contribution in [0, 0.1) is 0 Å². The molecule has 2 rings (SSSR count). The molecule has 1 unspecified atom stereocenters. The maximum Gasteiger partial charge on any atom is 0.451 e. The molecular formula is C20H31BN2O5. The maximum atomic E-state index is 8.83. The van der Waals surface area contributed by atoms with Gasteiger partial charge in [-0.05, 0) is 55.4 Å². The average molecular weight is 390 g/mol. The van der Waals surface area contributed by atoms with Crippen molar-refractivity contribution in [1.29, 1.82) is 0 Å². The first kappa shape index (κ1) is 24.1. The molecule has 0 spiro atoms. The molecule has 1 aliphatic rings. The number of methoxy groups -OCH3 is 1. The van der Waals surface area contributed by atoms with Crippen LogP contribution in [-0.2, 0) is 9.59 Å². The summed E-state index contributed by atoms with van der Waals surface area (Å²) >= 11 is 0. The molecule has 28 heavy (non-hydrogen) atoms. The number of ether oxygens (including phenoxy) is 1. The number of nitrogens with zero attached hydrogens (tertiary/aromatic N) is 1. The van der Waals surface area contributed by atoms with Crippen molar-refractivity contribution in [1.82, 2.24) is 4.90 Å². The van der Waals surface area contributed by atoms with E-state index in [4.69, 9.17) is 30.1 Å². The number of carbonyl (C=O) groups excluding carboxylic acids is 2. The summed E-state index contributed by atoms with van der Waals surface area (Å²) in [6.07, 6.45) is 7.80. The molecule has 0 saturated carbocycles. The van der Waals surface area contributed by atoms with Gasteiger partial charge >= 0.3 is 13.3 Å². The van der Waals surface area contributed by atoms with Gasteiger partial charge in [-0.15, -0.1) is 0 Å². The van der Waals surface area contributed by atoms with Crippen molar-refractivity contribution in [2.75, 3.05) is 26.7 Å². The summed E-state index contributed by atoms with van der Waals surface area (Å²) in [5, 5.41) is 17.7. The first-order valence-electron chi connectivity index (χ1n) is 9.67. The van der Waals surface area contributed by atoms with E-state index in [2.05, 4.69) is 23.1 Å². The van der Waals surface area contributed by atoms with Crippen LogP contribution >= 0.6 is 0 Å². The third-order valence-electron chi connectivity index (χ3n) is 4.86. The van der Waals surface area contributed by atoms with Gasteiger partial charge < -0.3 is 20.5 Å². The molecule has 0 fully saturated rings. The van der Waals surface area contributed by atoms with Crippen molar-refractivity contribution in [3.8, 4) is 5.75 Å². The lowest BCUT2D eigenvalue weighted by molar-refractivity contribution is -0.191. The molecule has 0 saturated heterocycles. The Kier molecular flexibility index (Phi) is 12.1. The van der Waals surface area contributed by atoms with Crippen LogP contribution in [0.4, 0.5) is 0 Å². The van der Waals surface area contributed by atoms with Crippen LogP contribution in [0.3, 0.4) is 0 Å². The highest BCUT2D eigenvalue weighted by Gasteiger charge is 2.14. The van der Waals surface area contributed by atoms with Crippen molar-refractivity contribution in [2.45, 2.75) is 44.5 Å². The smallest absolute Gasteiger partial charge is 0.451 e. The van der Waals surface area contributed by atoms with Crippen LogP contribution in [0.1, 0.15) is 37.7 Å². The Labute approximate surface area is 167 Å². The standard InChI is InChI=1S/C19H31BN2O3.CO2/c1-25-19-7-5-16(6-8-19)17-9-13-22(14-10-17)15-11-18(21)4-2-3-12-20(23)24;2-1-3/h5-9,18,23-24H,2-4,10-15,21H2,1H3;. The van der Waals surface area contributed by atoms with Crippen LogP contribution < -0.4 is 10.5 Å². The Balaban J connectivity index is 0.00000122. The number of hydrogen-bond donors (Lipinski definition) is 3. The molecule has 0 amide bonds. The quantitative estimate of drug-likeness (QED) is 0.410. The van der Waals surface area contributed by atoms with Crippen LogP contribution in [-0.4, -0.2) is 61.0 Å². The first-order valence-corrected chi connectivity index (χ1v) is 9.67. The minimum Gasteiger partial charge on any atom is -0.497 e. The average Bonchev–Trinajstić information content (AvgIpc) is 2.70. The maximum absolute atomic E-state index is 8.83. The van der Waals surface area contributed by atoms with E-state index < -0.39 is 7.12 Å². The normalized spacial score (nSPS) is 14.9. The van der Waals surface area contributed by atoms with E-state index in [0.29, 0.717) is 6.32 Å². The highest BCUT2D eigenvalue weighted by molar-refractivity contribution is 6.40. The van der Waals surface area contributed by atoms with E-state index in [1.807, 2.05) is 12.1 Å². The number of unbranched alkanes of at least 4 members (excludes halogenated alkanes) is 1. The fraction of sp³-hybridized carbons (Fsp3) is 0.550. The molecule has 1 aromatic carbocycles. The highest BCUT2D eigenvalue weighted by Crippen LogP contribution is 2.24. The van der Waals surface area contributed by atoms with E-state index in [1.165, 1.54) is 11.1 Å². The SMILES string of the molecule is COc1ccc(C2=CCN(CCC(N)CCCCB(O)O)CC2)cc1.O=C=O. The summed E-state index contributed by atoms with van der Waals surface area (Å²) in [7, 11) is 0.504. The molecule has 0 aliphatic carbocycles. The zero-order valence-electron chi connectivity index (χ0n) is 16.5. The summed E-state index contributed by atoms with van der Waals surface area (Å²) in [5.74, 6) is 0.893. The second kappa shape index (κ2) is 14.1. The molecule has 7 nitrogen and oxygen atoms in total. The summed E-state index contributed by atoms with van der Waals surface area (Å²) in [6, 6.07) is 8.47. The highest BCUT2D eigenvalue weighted by atomic mass is 16.5. The number of hydrogen-bond acceptors (Lipinski definition) is 7. The topological polar surface area (TPSA) is 113 Å². The predicted octanol–water partition coefficient (Wildman–Crippen LogP) is 1.56. The minimum absolute atomic E-state index is 0.197. The zero-order valence-corrected chi connectivity index (χ0v) is 16.5. The molecule has 0 bridgehead atoms. The molecule has 154 valence electrons. The van der Waals surface area contributed by atoms with E-state index in [1.54, 1.807) is 7.11 Å². The largest absolute Gasteiger partial charge is 0.497 e. The molecule has 8 heteroatoms. The van der Waals surface area contributed by atoms with Gasteiger partial charge in [0.1, 0.15) is 5.75 Å². The van der Waals surface area contributed by atoms with Gasteiger partial charge in [-0.2, -0.15) is 9.59 Å². The van der Waals surface area contributed by atoms with Gasteiger partial charge in [-0.1, -0.05) is 31.1 Å². The fourth-order valence-electron chi connectivity index (χ4n) is 3.21. The van der Waals surface area contributed by atoms with E-state index >= 15 is 0 Å². The van der Waals surface area contributed by atoms with Gasteiger partial charge in [0.25, 0.3) is 0 Å². The Morgan fingerprint density at radius 2 is 1.89 bits per heavy atom. The zero-order chi connectivity index (χ0) is 20.8. The second-order valence-electron chi connectivity index (χ2n) is 6.91. The van der Waals surface area contributed by atoms with Crippen molar-refractivity contribution in [3.05, 3.63) is 35.9 Å². The number of rotatable bonds is 10. The number of nitrogens with two attached hydrogens (primary N) is 1. The van der Waals surface area contributed by atoms with Gasteiger partial charge in [0, 0.05) is 19.1 Å². The summed E-state index contributed by atoms with van der Waals surface area (Å²) in [4.78, 5) is 18.7. The molecule has 1 heterocycles. The van der Waals surface area contributed by atoms with Crippen molar-refractivity contribution in [3.63, 3.8) is 0 Å².